The Morgan fingerprint density at radius 3 is 2.52 bits per heavy atom. The maximum absolute atomic E-state index is 13.2. The molecule has 158 valence electrons. The number of fused-ring (bicyclic) bond motifs is 1. The Bertz CT molecular complexity index is 1320. The van der Waals surface area contributed by atoms with E-state index < -0.39 is 0 Å². The van der Waals surface area contributed by atoms with Crippen LogP contribution in [-0.2, 0) is 0 Å². The van der Waals surface area contributed by atoms with Crippen LogP contribution in [0.3, 0.4) is 0 Å². The third-order valence-corrected chi connectivity index (χ3v) is 5.57. The van der Waals surface area contributed by atoms with Gasteiger partial charge in [-0.15, -0.1) is 0 Å². The number of pyridine rings is 1. The first-order valence-corrected chi connectivity index (χ1v) is 10.5. The lowest BCUT2D eigenvalue weighted by Gasteiger charge is -2.20. The van der Waals surface area contributed by atoms with Crippen molar-refractivity contribution in [3.63, 3.8) is 0 Å². The second-order valence-electron chi connectivity index (χ2n) is 7.63. The minimum atomic E-state index is -0.146. The fraction of sp³-hybridized carbons (Fsp3) is 0.200. The highest BCUT2D eigenvalue weighted by atomic mass is 35.5. The summed E-state index contributed by atoms with van der Waals surface area (Å²) < 4.78 is 6.39. The molecule has 4 rings (SSSR count). The van der Waals surface area contributed by atoms with E-state index in [4.69, 9.17) is 16.0 Å². The van der Waals surface area contributed by atoms with Gasteiger partial charge in [-0.1, -0.05) is 48.0 Å². The summed E-state index contributed by atoms with van der Waals surface area (Å²) in [4.78, 5) is 17.5. The second kappa shape index (κ2) is 8.44. The molecule has 2 N–H and O–H groups in total. The molecule has 0 fully saturated rings. The minimum absolute atomic E-state index is 0.0127. The number of aromatic nitrogens is 1. The maximum Gasteiger partial charge on any atom is 0.196 e. The molecule has 0 amide bonds. The van der Waals surface area contributed by atoms with Crippen LogP contribution in [0.4, 0.5) is 11.5 Å². The normalized spacial score (nSPS) is 12.0. The Labute approximate surface area is 186 Å². The molecule has 2 aromatic carbocycles. The van der Waals surface area contributed by atoms with Crippen molar-refractivity contribution in [3.8, 4) is 11.3 Å². The van der Waals surface area contributed by atoms with Crippen LogP contribution in [0.1, 0.15) is 29.7 Å². The van der Waals surface area contributed by atoms with Crippen LogP contribution in [0.5, 0.6) is 0 Å². The number of rotatable bonds is 5. The van der Waals surface area contributed by atoms with Crippen molar-refractivity contribution in [2.75, 3.05) is 17.7 Å². The van der Waals surface area contributed by atoms with Crippen LogP contribution >= 0.6 is 11.6 Å². The summed E-state index contributed by atoms with van der Waals surface area (Å²) in [5.74, 6) is 1.25. The molecule has 0 spiro atoms. The summed E-state index contributed by atoms with van der Waals surface area (Å²) in [6.07, 6.45) is 0. The van der Waals surface area contributed by atoms with E-state index in [0.717, 1.165) is 22.4 Å². The van der Waals surface area contributed by atoms with Crippen molar-refractivity contribution < 1.29 is 4.42 Å². The molecule has 0 saturated carbocycles. The molecule has 0 radical (unpaired) electrons. The van der Waals surface area contributed by atoms with Crippen molar-refractivity contribution in [1.82, 2.24) is 4.98 Å². The Balaban J connectivity index is 1.88. The molecular formula is C25H24ClN3O2. The maximum atomic E-state index is 13.2. The second-order valence-corrected chi connectivity index (χ2v) is 8.02. The molecule has 0 aliphatic rings. The molecular weight excluding hydrogens is 410 g/mol. The van der Waals surface area contributed by atoms with E-state index in [1.54, 1.807) is 13.1 Å². The zero-order chi connectivity index (χ0) is 22.1. The van der Waals surface area contributed by atoms with Gasteiger partial charge >= 0.3 is 0 Å². The van der Waals surface area contributed by atoms with Gasteiger partial charge in [-0.3, -0.25) is 4.79 Å². The number of nitrogens with zero attached hydrogens (tertiary/aromatic N) is 1. The standard InChI is InChI=1S/C25H24ClN3O2/c1-14-12-18(16(3)28-20-10-11-21(26)29-25(20)27-4)24-19(13-14)22(30)15(2)23(31-24)17-8-6-5-7-9-17/h5-13,16,28H,1-4H3,(H,27,29)/t16-/m1/s1. The number of aryl methyl sites for hydroxylation is 1. The molecule has 2 aromatic heterocycles. The number of halogens is 1. The van der Waals surface area contributed by atoms with E-state index in [-0.39, 0.29) is 11.5 Å². The summed E-state index contributed by atoms with van der Waals surface area (Å²) >= 11 is 6.03. The zero-order valence-electron chi connectivity index (χ0n) is 17.9. The van der Waals surface area contributed by atoms with Gasteiger partial charge in [0.15, 0.2) is 11.2 Å². The third kappa shape index (κ3) is 4.01. The largest absolute Gasteiger partial charge is 0.455 e. The molecule has 2 heterocycles. The van der Waals surface area contributed by atoms with Gasteiger partial charge in [0.1, 0.15) is 16.5 Å². The quantitative estimate of drug-likeness (QED) is 0.359. The van der Waals surface area contributed by atoms with Gasteiger partial charge in [-0.25, -0.2) is 4.98 Å². The highest BCUT2D eigenvalue weighted by Crippen LogP contribution is 2.33. The van der Waals surface area contributed by atoms with E-state index in [9.17, 15) is 4.79 Å². The Kier molecular flexibility index (Phi) is 5.70. The smallest absolute Gasteiger partial charge is 0.196 e. The van der Waals surface area contributed by atoms with Gasteiger partial charge < -0.3 is 15.1 Å². The Morgan fingerprint density at radius 2 is 1.81 bits per heavy atom. The lowest BCUT2D eigenvalue weighted by atomic mass is 9.99. The lowest BCUT2D eigenvalue weighted by Crippen LogP contribution is -2.13. The number of benzene rings is 2. The number of anilines is 2. The fourth-order valence-electron chi connectivity index (χ4n) is 3.81. The Hall–Kier alpha value is -3.31. The van der Waals surface area contributed by atoms with Crippen molar-refractivity contribution in [2.45, 2.75) is 26.8 Å². The molecule has 0 unspecified atom stereocenters. The van der Waals surface area contributed by atoms with E-state index in [2.05, 4.69) is 21.7 Å². The first-order valence-electron chi connectivity index (χ1n) is 10.1. The number of nitrogens with one attached hydrogen (secondary N) is 2. The first-order chi connectivity index (χ1) is 14.9. The first kappa shape index (κ1) is 20.9. The van der Waals surface area contributed by atoms with Gasteiger partial charge in [-0.2, -0.15) is 0 Å². The van der Waals surface area contributed by atoms with Gasteiger partial charge in [0.05, 0.1) is 17.1 Å². The molecule has 6 heteroatoms. The highest BCUT2D eigenvalue weighted by molar-refractivity contribution is 6.29. The predicted octanol–water partition coefficient (Wildman–Crippen LogP) is 6.34. The number of hydrogen-bond acceptors (Lipinski definition) is 5. The molecule has 1 atom stereocenters. The monoisotopic (exact) mass is 433 g/mol. The lowest BCUT2D eigenvalue weighted by molar-refractivity contribution is 0.605. The third-order valence-electron chi connectivity index (χ3n) is 5.36. The summed E-state index contributed by atoms with van der Waals surface area (Å²) in [6, 6.07) is 17.1. The van der Waals surface area contributed by atoms with Gasteiger partial charge in [0, 0.05) is 23.7 Å². The molecule has 0 bridgehead atoms. The Morgan fingerprint density at radius 1 is 1.06 bits per heavy atom. The number of hydrogen-bond donors (Lipinski definition) is 2. The van der Waals surface area contributed by atoms with Crippen LogP contribution < -0.4 is 16.1 Å². The molecule has 5 nitrogen and oxygen atoms in total. The topological polar surface area (TPSA) is 67.2 Å². The van der Waals surface area contributed by atoms with Gasteiger partial charge in [0.2, 0.25) is 0 Å². The van der Waals surface area contributed by atoms with Crippen molar-refractivity contribution >= 4 is 34.1 Å². The van der Waals surface area contributed by atoms with Crippen molar-refractivity contribution in [2.24, 2.45) is 0 Å². The van der Waals surface area contributed by atoms with Crippen LogP contribution in [0, 0.1) is 13.8 Å². The van der Waals surface area contributed by atoms with Crippen LogP contribution in [-0.4, -0.2) is 12.0 Å². The average Bonchev–Trinajstić information content (AvgIpc) is 2.77. The summed E-state index contributed by atoms with van der Waals surface area (Å²) in [5, 5.41) is 7.53. The summed E-state index contributed by atoms with van der Waals surface area (Å²) in [5.41, 5.74) is 4.78. The van der Waals surface area contributed by atoms with Crippen LogP contribution in [0.15, 0.2) is 63.8 Å². The molecule has 4 aromatic rings. The minimum Gasteiger partial charge on any atom is -0.455 e. The SMILES string of the molecule is CNc1nc(Cl)ccc1N[C@H](C)c1cc(C)cc2c(=O)c(C)c(-c3ccccc3)oc12. The fourth-order valence-corrected chi connectivity index (χ4v) is 3.95. The van der Waals surface area contributed by atoms with E-state index in [1.165, 1.54) is 0 Å². The molecule has 0 aliphatic carbocycles. The highest BCUT2D eigenvalue weighted by Gasteiger charge is 2.19. The zero-order valence-corrected chi connectivity index (χ0v) is 18.7. The summed E-state index contributed by atoms with van der Waals surface area (Å²) in [6.45, 7) is 5.83. The summed E-state index contributed by atoms with van der Waals surface area (Å²) in [7, 11) is 1.80. The molecule has 0 aliphatic heterocycles. The van der Waals surface area contributed by atoms with Gasteiger partial charge in [-0.05, 0) is 44.5 Å². The molecule has 0 saturated heterocycles. The van der Waals surface area contributed by atoms with E-state index in [1.807, 2.05) is 63.2 Å². The van der Waals surface area contributed by atoms with Crippen LogP contribution in [0.25, 0.3) is 22.3 Å². The van der Waals surface area contributed by atoms with E-state index >= 15 is 0 Å². The average molecular weight is 434 g/mol. The predicted molar refractivity (Wildman–Crippen MR) is 128 cm³/mol. The van der Waals surface area contributed by atoms with Crippen molar-refractivity contribution in [3.05, 3.63) is 86.7 Å². The van der Waals surface area contributed by atoms with E-state index in [0.29, 0.717) is 33.3 Å². The van der Waals surface area contributed by atoms with Gasteiger partial charge in [0.25, 0.3) is 0 Å². The molecule has 31 heavy (non-hydrogen) atoms. The van der Waals surface area contributed by atoms with Crippen LogP contribution in [0.2, 0.25) is 5.15 Å². The van der Waals surface area contributed by atoms with Crippen molar-refractivity contribution in [1.29, 1.82) is 0 Å².